The Balaban J connectivity index is 2.26. The second-order valence-electron chi connectivity index (χ2n) is 4.12. The summed E-state index contributed by atoms with van der Waals surface area (Å²) in [5.41, 5.74) is 7.28. The number of nitriles is 1. The molecule has 0 unspecified atom stereocenters. The molecule has 2 aromatic carbocycles. The minimum Gasteiger partial charge on any atom is -0.487 e. The van der Waals surface area contributed by atoms with Crippen LogP contribution in [0.3, 0.4) is 0 Å². The summed E-state index contributed by atoms with van der Waals surface area (Å²) in [4.78, 5) is 0. The van der Waals surface area contributed by atoms with E-state index >= 15 is 0 Å². The topological polar surface area (TPSA) is 82.9 Å². The second-order valence-corrected chi connectivity index (χ2v) is 5.04. The highest BCUT2D eigenvalue weighted by Crippen LogP contribution is 2.24. The first-order chi connectivity index (χ1) is 9.61. The lowest BCUT2D eigenvalue weighted by molar-refractivity contribution is 0.304. The zero-order valence-electron chi connectivity index (χ0n) is 10.6. The van der Waals surface area contributed by atoms with Crippen LogP contribution >= 0.6 is 15.9 Å². The maximum Gasteiger partial charge on any atom is 0.148 e. The predicted octanol–water partition coefficient (Wildman–Crippen LogP) is 3.18. The molecule has 0 spiro atoms. The van der Waals surface area contributed by atoms with E-state index in [1.807, 2.05) is 24.3 Å². The Morgan fingerprint density at radius 3 is 2.55 bits per heavy atom. The number of nitrogens with zero attached hydrogens (tertiary/aromatic N) is 1. The summed E-state index contributed by atoms with van der Waals surface area (Å²) in [6.45, 7) is 0.312. The Labute approximate surface area is 125 Å². The fraction of sp³-hybridized carbons (Fsp3) is 0.0667. The highest BCUT2D eigenvalue weighted by molar-refractivity contribution is 9.10. The van der Waals surface area contributed by atoms with E-state index in [1.54, 1.807) is 18.2 Å². The second kappa shape index (κ2) is 6.22. The monoisotopic (exact) mass is 329 g/mol. The summed E-state index contributed by atoms with van der Waals surface area (Å²) in [7, 11) is 0. The first-order valence-corrected chi connectivity index (χ1v) is 6.66. The number of para-hydroxylation sites is 1. The van der Waals surface area contributed by atoms with Crippen molar-refractivity contribution in [3.8, 4) is 11.8 Å². The van der Waals surface area contributed by atoms with Gasteiger partial charge in [0.25, 0.3) is 0 Å². The van der Waals surface area contributed by atoms with Crippen LogP contribution in [0.4, 0.5) is 0 Å². The van der Waals surface area contributed by atoms with Crippen molar-refractivity contribution in [2.75, 3.05) is 0 Å². The third-order valence-corrected chi connectivity index (χ3v) is 3.25. The van der Waals surface area contributed by atoms with Crippen LogP contribution in [0.25, 0.3) is 0 Å². The number of halogens is 1. The van der Waals surface area contributed by atoms with Crippen molar-refractivity contribution in [3.05, 3.63) is 63.6 Å². The number of hydrogen-bond donors (Lipinski definition) is 2. The largest absolute Gasteiger partial charge is 0.487 e. The fourth-order valence-corrected chi connectivity index (χ4v) is 1.99. The predicted molar refractivity (Wildman–Crippen MR) is 80.6 cm³/mol. The van der Waals surface area contributed by atoms with Gasteiger partial charge >= 0.3 is 0 Å². The van der Waals surface area contributed by atoms with E-state index in [9.17, 15) is 0 Å². The third kappa shape index (κ3) is 3.16. The van der Waals surface area contributed by atoms with Crippen molar-refractivity contribution in [3.63, 3.8) is 0 Å². The van der Waals surface area contributed by atoms with E-state index in [2.05, 4.69) is 22.0 Å². The van der Waals surface area contributed by atoms with Gasteiger partial charge in [-0.25, -0.2) is 0 Å². The number of hydrogen-bond acceptors (Lipinski definition) is 3. The van der Waals surface area contributed by atoms with E-state index in [0.29, 0.717) is 23.5 Å². The number of ether oxygens (including phenoxy) is 1. The van der Waals surface area contributed by atoms with E-state index in [0.717, 1.165) is 10.0 Å². The third-order valence-electron chi connectivity index (χ3n) is 2.72. The van der Waals surface area contributed by atoms with Gasteiger partial charge in [0.05, 0.1) is 11.1 Å². The minimum absolute atomic E-state index is 0.118. The van der Waals surface area contributed by atoms with Crippen LogP contribution in [-0.2, 0) is 6.61 Å². The Morgan fingerprint density at radius 1 is 1.25 bits per heavy atom. The van der Waals surface area contributed by atoms with E-state index in [4.69, 9.17) is 21.1 Å². The molecule has 0 heterocycles. The molecule has 0 fully saturated rings. The molecule has 4 nitrogen and oxygen atoms in total. The zero-order chi connectivity index (χ0) is 14.5. The van der Waals surface area contributed by atoms with Gasteiger partial charge in [-0.15, -0.1) is 0 Å². The highest BCUT2D eigenvalue weighted by atomic mass is 79.9. The molecule has 0 aliphatic rings. The molecule has 0 aliphatic carbocycles. The van der Waals surface area contributed by atoms with Crippen LogP contribution in [0.5, 0.6) is 5.75 Å². The number of nitrogen functional groups attached to an aromatic ring is 1. The highest BCUT2D eigenvalue weighted by Gasteiger charge is 2.12. The van der Waals surface area contributed by atoms with Crippen molar-refractivity contribution in [1.29, 1.82) is 10.7 Å². The quantitative estimate of drug-likeness (QED) is 0.667. The Bertz CT molecular complexity index is 675. The maximum absolute atomic E-state index is 9.11. The van der Waals surface area contributed by atoms with Gasteiger partial charge < -0.3 is 10.5 Å². The van der Waals surface area contributed by atoms with Crippen molar-refractivity contribution in [1.82, 2.24) is 0 Å². The van der Waals surface area contributed by atoms with Crippen LogP contribution in [0, 0.1) is 16.7 Å². The van der Waals surface area contributed by atoms with Gasteiger partial charge in [-0.1, -0.05) is 34.1 Å². The molecule has 0 aliphatic heterocycles. The van der Waals surface area contributed by atoms with E-state index in [-0.39, 0.29) is 5.84 Å². The Hall–Kier alpha value is -2.32. The lowest BCUT2D eigenvalue weighted by Gasteiger charge is -2.12. The van der Waals surface area contributed by atoms with Crippen molar-refractivity contribution in [2.45, 2.75) is 6.61 Å². The van der Waals surface area contributed by atoms with Gasteiger partial charge in [0.15, 0.2) is 0 Å². The number of benzene rings is 2. The number of nitrogens with two attached hydrogens (primary N) is 1. The Morgan fingerprint density at radius 2 is 1.95 bits per heavy atom. The van der Waals surface area contributed by atoms with Gasteiger partial charge in [0.1, 0.15) is 24.3 Å². The molecule has 3 N–H and O–H groups in total. The molecule has 100 valence electrons. The number of amidine groups is 1. The molecule has 2 rings (SSSR count). The molecule has 20 heavy (non-hydrogen) atoms. The molecule has 0 atom stereocenters. The standard InChI is InChI=1S/C15H12BrN3O/c16-12-6-4-10(5-7-12)9-20-14-11(8-17)2-1-3-13(14)15(18)19/h1-7H,9H2,(H3,18,19). The van der Waals surface area contributed by atoms with Gasteiger partial charge in [-0.2, -0.15) is 5.26 Å². The normalized spacial score (nSPS) is 9.80. The molecule has 0 saturated carbocycles. The molecule has 0 aromatic heterocycles. The van der Waals surface area contributed by atoms with Gasteiger partial charge in [-0.3, -0.25) is 5.41 Å². The van der Waals surface area contributed by atoms with Crippen molar-refractivity contribution >= 4 is 21.8 Å². The lowest BCUT2D eigenvalue weighted by Crippen LogP contribution is -2.14. The van der Waals surface area contributed by atoms with Gasteiger partial charge in [0.2, 0.25) is 0 Å². The number of nitrogens with one attached hydrogen (secondary N) is 1. The minimum atomic E-state index is -0.118. The smallest absolute Gasteiger partial charge is 0.148 e. The summed E-state index contributed by atoms with van der Waals surface area (Å²) in [5.74, 6) is 0.235. The summed E-state index contributed by atoms with van der Waals surface area (Å²) >= 11 is 3.37. The first kappa shape index (κ1) is 14.1. The van der Waals surface area contributed by atoms with E-state index in [1.165, 1.54) is 0 Å². The fourth-order valence-electron chi connectivity index (χ4n) is 1.73. The first-order valence-electron chi connectivity index (χ1n) is 5.86. The van der Waals surface area contributed by atoms with Crippen LogP contribution in [0.2, 0.25) is 0 Å². The molecule has 0 radical (unpaired) electrons. The van der Waals surface area contributed by atoms with E-state index < -0.39 is 0 Å². The SMILES string of the molecule is N#Cc1cccc(C(=N)N)c1OCc1ccc(Br)cc1. The zero-order valence-corrected chi connectivity index (χ0v) is 12.1. The van der Waals surface area contributed by atoms with Crippen LogP contribution in [-0.4, -0.2) is 5.84 Å². The molecule has 0 saturated heterocycles. The summed E-state index contributed by atoms with van der Waals surface area (Å²) in [6, 6.07) is 14.7. The van der Waals surface area contributed by atoms with Gasteiger partial charge in [0, 0.05) is 4.47 Å². The average molecular weight is 330 g/mol. The maximum atomic E-state index is 9.11. The average Bonchev–Trinajstić information content (AvgIpc) is 2.46. The lowest BCUT2D eigenvalue weighted by atomic mass is 10.1. The van der Waals surface area contributed by atoms with Gasteiger partial charge in [-0.05, 0) is 29.8 Å². The summed E-state index contributed by atoms with van der Waals surface area (Å²) < 4.78 is 6.68. The molecular weight excluding hydrogens is 318 g/mol. The molecular formula is C15H12BrN3O. The molecule has 5 heteroatoms. The van der Waals surface area contributed by atoms with Crippen LogP contribution in [0.15, 0.2) is 46.9 Å². The van der Waals surface area contributed by atoms with Crippen molar-refractivity contribution in [2.24, 2.45) is 5.73 Å². The van der Waals surface area contributed by atoms with Crippen molar-refractivity contribution < 1.29 is 4.74 Å². The summed E-state index contributed by atoms with van der Waals surface area (Å²) in [6.07, 6.45) is 0. The summed E-state index contributed by atoms with van der Waals surface area (Å²) in [5, 5.41) is 16.7. The molecule has 2 aromatic rings. The molecule has 0 bridgehead atoms. The van der Waals surface area contributed by atoms with Crippen LogP contribution < -0.4 is 10.5 Å². The van der Waals surface area contributed by atoms with Crippen LogP contribution in [0.1, 0.15) is 16.7 Å². The Kier molecular flexibility index (Phi) is 4.38. The molecule has 0 amide bonds. The number of rotatable bonds is 4.